The van der Waals surface area contributed by atoms with Crippen molar-refractivity contribution in [3.05, 3.63) is 0 Å². The Morgan fingerprint density at radius 3 is 0.660 bits per heavy atom. The maximum Gasteiger partial charge on any atom is 0.516 e. The highest BCUT2D eigenvalue weighted by Crippen LogP contribution is 1.97. The molecule has 0 rings (SSSR count). The molecular formula is C66H137BFIN14O23. The average molecular weight is 1650 g/mol. The van der Waals surface area contributed by atoms with E-state index in [0.717, 1.165) is 0 Å². The molecule has 0 fully saturated rings. The van der Waals surface area contributed by atoms with Crippen molar-refractivity contribution < 1.29 is 117 Å². The van der Waals surface area contributed by atoms with Crippen LogP contribution in [0.2, 0.25) is 6.82 Å². The molecule has 0 aromatic rings. The summed E-state index contributed by atoms with van der Waals surface area (Å²) in [6.07, 6.45) is -1.06. The number of carboxylic acid groups (broad SMARTS) is 8. The maximum atomic E-state index is 12.0. The zero-order valence-electron chi connectivity index (χ0n) is 67.5. The monoisotopic (exact) mass is 1650 g/mol. The predicted octanol–water partition coefficient (Wildman–Crippen LogP) is 1.10. The number of carbonyl (C=O) groups excluding carboxylic acids is 5. The van der Waals surface area contributed by atoms with Crippen molar-refractivity contribution in [1.29, 1.82) is 0 Å². The Morgan fingerprint density at radius 1 is 0.340 bits per heavy atom. The molecule has 40 heteroatoms. The zero-order chi connectivity index (χ0) is 84.5. The van der Waals surface area contributed by atoms with Crippen LogP contribution in [-0.2, 0) is 67.0 Å². The summed E-state index contributed by atoms with van der Waals surface area (Å²) in [6, 6.07) is 0. The summed E-state index contributed by atoms with van der Waals surface area (Å²) in [5.41, 5.74) is 0. The van der Waals surface area contributed by atoms with Crippen molar-refractivity contribution in [2.75, 3.05) is 245 Å². The van der Waals surface area contributed by atoms with Crippen LogP contribution >= 0.6 is 22.4 Å². The van der Waals surface area contributed by atoms with Crippen LogP contribution in [-0.4, -0.2) is 422 Å². The smallest absolute Gasteiger partial charge is 0.480 e. The first kappa shape index (κ1) is 118. The van der Waals surface area contributed by atoms with Crippen molar-refractivity contribution in [2.24, 2.45) is 5.92 Å². The third-order valence-corrected chi connectivity index (χ3v) is 13.2. The zero-order valence-corrected chi connectivity index (χ0v) is 69.6. The van der Waals surface area contributed by atoms with Crippen LogP contribution in [0.15, 0.2) is 0 Å². The summed E-state index contributed by atoms with van der Waals surface area (Å²) >= 11 is 1.68. The summed E-state index contributed by atoms with van der Waals surface area (Å²) in [6.45, 7) is 45.0. The van der Waals surface area contributed by atoms with E-state index in [2.05, 4.69) is 128 Å². The predicted molar refractivity (Wildman–Crippen MR) is 414 cm³/mol. The third-order valence-electron chi connectivity index (χ3n) is 13.2. The fourth-order valence-electron chi connectivity index (χ4n) is 7.77. The van der Waals surface area contributed by atoms with Crippen LogP contribution in [0.1, 0.15) is 96.9 Å². The van der Waals surface area contributed by atoms with Gasteiger partial charge in [0, 0.05) is 39.3 Å². The van der Waals surface area contributed by atoms with Crippen molar-refractivity contribution in [3.63, 3.8) is 0 Å². The first-order valence-corrected chi connectivity index (χ1v) is 36.4. The minimum absolute atomic E-state index is 0.0911. The lowest BCUT2D eigenvalue weighted by Crippen LogP contribution is -2.46. The van der Waals surface area contributed by atoms with Crippen molar-refractivity contribution in [1.82, 2.24) is 69.8 Å². The lowest BCUT2D eigenvalue weighted by molar-refractivity contribution is -0.144. The first-order chi connectivity index (χ1) is 49.2. The summed E-state index contributed by atoms with van der Waals surface area (Å²) < 4.78 is 19.9. The van der Waals surface area contributed by atoms with Gasteiger partial charge in [0.05, 0.1) is 85.1 Å². The quantitative estimate of drug-likeness (QED) is 0.0176. The molecule has 3 amide bonds. The summed E-state index contributed by atoms with van der Waals surface area (Å²) in [4.78, 5) is 159. The van der Waals surface area contributed by atoms with Crippen LogP contribution in [0.4, 0.5) is 9.11 Å². The minimum atomic E-state index is -1.07. The van der Waals surface area contributed by atoms with Crippen LogP contribution in [0.3, 0.4) is 0 Å². The lowest BCUT2D eigenvalue weighted by Gasteiger charge is -2.24. The number of nitrogens with one attached hydrogen (secondary N) is 3. The standard InChI is InChI=1S/C21H39N7O9.C10H17NO6.4C6H15N.2C5H9NO4.CH3BFI/c1-25(13-19(32)33)10-16(29)22-4-7-28(8-5-23-17(30)11-26(2)14-20(34)35)9-6-24-18(31)12-27(3)15-21(36)37;1-7(2)6-16-10(15)17-9(14)5-11(3)4-8(12)13;4*1-4-7(5-2)6-3;2*1-6(2-4(7)8)3-5(9)10;1-2(3)4/h4-15H2,1-3H3,(H,22,29)(H,23,30)(H,24,31)(H,32,33)(H,34,35)(H,36,37);7H,4-6H2,1-3H3,(H,12,13);4*4-6H2,1-3H3;2*2-3H2,1H3,(H,7,8)(H,9,10);1H3. The largest absolute Gasteiger partial charge is 0.516 e. The van der Waals surface area contributed by atoms with Crippen molar-refractivity contribution in [2.45, 2.75) is 104 Å². The molecule has 0 saturated heterocycles. The highest BCUT2D eigenvalue weighted by atomic mass is 127. The molecule has 0 atom stereocenters. The van der Waals surface area contributed by atoms with Gasteiger partial charge in [-0.3, -0.25) is 91.8 Å². The second-order valence-corrected chi connectivity index (χ2v) is 25.2. The Bertz CT molecular complexity index is 2070. The lowest BCUT2D eigenvalue weighted by atomic mass is 10.2. The minimum Gasteiger partial charge on any atom is -0.480 e. The normalized spacial score (nSPS) is 10.4. The van der Waals surface area contributed by atoms with Gasteiger partial charge in [0.2, 0.25) is 17.7 Å². The van der Waals surface area contributed by atoms with E-state index in [0.29, 0.717) is 19.6 Å². The second-order valence-electron chi connectivity index (χ2n) is 23.5. The average Bonchev–Trinajstić information content (AvgIpc) is 0.970. The van der Waals surface area contributed by atoms with Crippen LogP contribution in [0, 0.1) is 5.92 Å². The number of amides is 3. The molecule has 0 aromatic heterocycles. The number of nitrogens with zero attached hydrogens (tertiary/aromatic N) is 11. The molecule has 37 nitrogen and oxygen atoms in total. The van der Waals surface area contributed by atoms with Gasteiger partial charge in [-0.15, -0.1) is 22.4 Å². The molecular weight excluding hydrogens is 1510 g/mol. The van der Waals surface area contributed by atoms with E-state index in [1.807, 2.05) is 18.7 Å². The van der Waals surface area contributed by atoms with Gasteiger partial charge in [0.15, 0.2) is 0 Å². The second kappa shape index (κ2) is 80.9. The van der Waals surface area contributed by atoms with E-state index in [-0.39, 0.29) is 128 Å². The first-order valence-electron chi connectivity index (χ1n) is 35.2. The van der Waals surface area contributed by atoms with Gasteiger partial charge in [-0.05, 0) is 134 Å². The molecule has 0 aliphatic heterocycles. The fraction of sp³-hybridized carbons (Fsp3) is 0.803. The summed E-state index contributed by atoms with van der Waals surface area (Å²) in [5.74, 6) is -10.1. The molecule has 0 aromatic carbocycles. The number of ether oxygens (including phenoxy) is 2. The number of aliphatic carboxylic acids is 8. The van der Waals surface area contributed by atoms with Crippen molar-refractivity contribution in [3.8, 4) is 0 Å². The highest BCUT2D eigenvalue weighted by molar-refractivity contribution is 14.1. The molecule has 0 spiro atoms. The number of esters is 1. The Morgan fingerprint density at radius 2 is 0.509 bits per heavy atom. The van der Waals surface area contributed by atoms with Crippen molar-refractivity contribution >= 4 is 105 Å². The summed E-state index contributed by atoms with van der Waals surface area (Å²) in [7, 11) is 8.81. The van der Waals surface area contributed by atoms with Crippen LogP contribution in [0.25, 0.3) is 0 Å². The Labute approximate surface area is 643 Å². The molecule has 0 aliphatic carbocycles. The topological polar surface area (TPSA) is 474 Å². The SMILES string of the molecule is CB(F)I.CC(C)COC(=O)OC(=O)CN(C)CC(=O)O.CCN(CC)CC.CCN(CC)CC.CCN(CC)CC.CCN(CC)CC.CN(CC(=O)O)CC(=O)NCCN(CCNC(=O)CN(C)CC(=O)O)CCNC(=O)CN(C)CC(=O)O.CN(CC(=O)O)CC(=O)O.CN(CC(=O)O)CC(=O)O. The van der Waals surface area contributed by atoms with Crippen LogP contribution < -0.4 is 16.0 Å². The molecule has 0 aliphatic rings. The van der Waals surface area contributed by atoms with Crippen LogP contribution in [0.5, 0.6) is 0 Å². The third kappa shape index (κ3) is 106. The number of rotatable bonds is 47. The Hall–Kier alpha value is -6.61. The fourth-order valence-corrected chi connectivity index (χ4v) is 7.77. The Balaban J connectivity index is -0.000000161. The molecule has 0 radical (unpaired) electrons. The Kier molecular flexibility index (Phi) is 89.9. The van der Waals surface area contributed by atoms with E-state index < -0.39 is 64.7 Å². The van der Waals surface area contributed by atoms with Gasteiger partial charge in [0.1, 0.15) is 0 Å². The maximum absolute atomic E-state index is 12.0. The molecule has 0 unspecified atom stereocenters. The van der Waals surface area contributed by atoms with Gasteiger partial charge in [-0.1, -0.05) is 96.9 Å². The summed E-state index contributed by atoms with van der Waals surface area (Å²) in [5, 5.41) is 75.4. The van der Waals surface area contributed by atoms with Gasteiger partial charge < -0.3 is 90.2 Å². The van der Waals surface area contributed by atoms with Gasteiger partial charge >= 0.3 is 64.7 Å². The molecule has 0 heterocycles. The van der Waals surface area contributed by atoms with E-state index >= 15 is 0 Å². The van der Waals surface area contributed by atoms with E-state index in [4.69, 9.17) is 40.9 Å². The highest BCUT2D eigenvalue weighted by Gasteiger charge is 2.18. The number of likely N-dealkylation sites (N-methyl/N-ethyl adjacent to an activating group) is 6. The molecule has 0 bridgehead atoms. The number of carbonyl (C=O) groups is 13. The van der Waals surface area contributed by atoms with Gasteiger partial charge in [-0.25, -0.2) is 4.79 Å². The molecule has 11 N–H and O–H groups in total. The number of halogens is 2. The van der Waals surface area contributed by atoms with E-state index in [9.17, 15) is 66.6 Å². The number of carboxylic acids is 8. The van der Waals surface area contributed by atoms with E-state index in [1.54, 1.807) is 22.4 Å². The molecule has 106 heavy (non-hydrogen) atoms. The molecule has 0 saturated carbocycles. The van der Waals surface area contributed by atoms with Gasteiger partial charge in [-0.2, -0.15) is 0 Å². The number of hydrogen-bond donors (Lipinski definition) is 11. The van der Waals surface area contributed by atoms with Gasteiger partial charge in [0.25, 0.3) is 0 Å². The number of hydrogen-bond acceptors (Lipinski definition) is 26. The molecule has 626 valence electrons. The van der Waals surface area contributed by atoms with E-state index in [1.165, 1.54) is 157 Å².